The zero-order valence-corrected chi connectivity index (χ0v) is 22.5. The van der Waals surface area contributed by atoms with Crippen molar-refractivity contribution < 1.29 is 32.2 Å². The van der Waals surface area contributed by atoms with Crippen LogP contribution < -0.4 is 15.0 Å². The number of anilines is 3. The number of rotatable bonds is 9. The third kappa shape index (κ3) is 5.97. The molecule has 0 saturated carbocycles. The number of terminal acetylenes is 1. The Labute approximate surface area is 230 Å². The van der Waals surface area contributed by atoms with Crippen LogP contribution in [-0.4, -0.2) is 72.2 Å². The smallest absolute Gasteiger partial charge is 0.406 e. The van der Waals surface area contributed by atoms with Crippen LogP contribution >= 0.6 is 0 Å². The first kappa shape index (κ1) is 29.1. The summed E-state index contributed by atoms with van der Waals surface area (Å²) in [7, 11) is 3.19. The van der Waals surface area contributed by atoms with Crippen molar-refractivity contribution in [3.05, 3.63) is 48.0 Å². The van der Waals surface area contributed by atoms with Crippen LogP contribution in [0.1, 0.15) is 30.1 Å². The first-order valence-electron chi connectivity index (χ1n) is 12.9. The molecular weight excluding hydrogens is 528 g/mol. The van der Waals surface area contributed by atoms with Gasteiger partial charge in [-0.25, -0.2) is 9.18 Å². The molecule has 4 rings (SSSR count). The van der Waals surface area contributed by atoms with Crippen molar-refractivity contribution in [2.75, 3.05) is 37.5 Å². The first-order valence-corrected chi connectivity index (χ1v) is 12.9. The molecule has 3 atom stereocenters. The molecule has 0 radical (unpaired) electrons. The molecule has 3 aromatic rings. The number of hydrogen-bond donors (Lipinski definition) is 2. The molecule has 0 spiro atoms. The largest absolute Gasteiger partial charge is 0.495 e. The minimum absolute atomic E-state index is 0.0458. The summed E-state index contributed by atoms with van der Waals surface area (Å²) in [5.41, 5.74) is 1.07. The van der Waals surface area contributed by atoms with Gasteiger partial charge in [0.15, 0.2) is 0 Å². The number of hydrogen-bond acceptors (Lipinski definition) is 5. The predicted octanol–water partition coefficient (Wildman–Crippen LogP) is 5.91. The van der Waals surface area contributed by atoms with Crippen molar-refractivity contribution in [2.45, 2.75) is 50.7 Å². The van der Waals surface area contributed by atoms with Crippen molar-refractivity contribution >= 4 is 34.1 Å². The fraction of sp³-hybridized carbons (Fsp3) is 0.414. The Morgan fingerprint density at radius 1 is 1.30 bits per heavy atom. The van der Waals surface area contributed by atoms with Crippen LogP contribution in [0.25, 0.3) is 10.9 Å². The van der Waals surface area contributed by atoms with E-state index in [4.69, 9.17) is 11.2 Å². The number of alkyl halides is 4. The summed E-state index contributed by atoms with van der Waals surface area (Å²) in [5.74, 6) is 1.76. The van der Waals surface area contributed by atoms with Crippen molar-refractivity contribution in [1.29, 1.82) is 0 Å². The minimum Gasteiger partial charge on any atom is -0.495 e. The van der Waals surface area contributed by atoms with Gasteiger partial charge in [0.25, 0.3) is 0 Å². The van der Waals surface area contributed by atoms with E-state index in [9.17, 15) is 27.5 Å². The molecular formula is C29H32F4N4O3. The number of likely N-dealkylation sites (tertiary alicyclic amines) is 1. The molecule has 11 heteroatoms. The maximum atomic E-state index is 14.9. The Morgan fingerprint density at radius 2 is 2.05 bits per heavy atom. The van der Waals surface area contributed by atoms with Gasteiger partial charge in [0, 0.05) is 24.2 Å². The average Bonchev–Trinajstić information content (AvgIpc) is 3.25. The summed E-state index contributed by atoms with van der Waals surface area (Å²) < 4.78 is 63.4. The standard InChI is InChI=1S/C29H32F4N4O3/c1-5-19(6-2)37(25-11-10-18(28(38)39)14-26(25)40-4)27-15-20-22(34-23-12-13-35(3)16-21(23)30)8-7-9-24(20)36(27)17-29(31,32)33/h1,7-11,14-15,19,21,23,34H,6,12-13,16-17H2,2-4H3,(H,38,39). The molecule has 40 heavy (non-hydrogen) atoms. The average molecular weight is 561 g/mol. The van der Waals surface area contributed by atoms with Crippen LogP contribution in [0, 0.1) is 12.3 Å². The van der Waals surface area contributed by atoms with Crippen LogP contribution in [-0.2, 0) is 6.54 Å². The number of nitrogens with zero attached hydrogens (tertiary/aromatic N) is 3. The lowest BCUT2D eigenvalue weighted by molar-refractivity contribution is -0.139. The predicted molar refractivity (Wildman–Crippen MR) is 147 cm³/mol. The number of carboxylic acid groups (broad SMARTS) is 1. The highest BCUT2D eigenvalue weighted by molar-refractivity contribution is 5.97. The summed E-state index contributed by atoms with van der Waals surface area (Å²) in [5, 5.41) is 13.2. The maximum Gasteiger partial charge on any atom is 0.406 e. The Kier molecular flexibility index (Phi) is 8.49. The zero-order chi connectivity index (χ0) is 29.2. The van der Waals surface area contributed by atoms with Crippen LogP contribution in [0.2, 0.25) is 0 Å². The van der Waals surface area contributed by atoms with Crippen LogP contribution in [0.5, 0.6) is 5.75 Å². The molecule has 1 fully saturated rings. The van der Waals surface area contributed by atoms with Gasteiger partial charge in [-0.1, -0.05) is 18.9 Å². The quantitative estimate of drug-likeness (QED) is 0.250. The van der Waals surface area contributed by atoms with E-state index < -0.39 is 36.9 Å². The van der Waals surface area contributed by atoms with E-state index in [1.807, 2.05) is 11.9 Å². The van der Waals surface area contributed by atoms with Gasteiger partial charge >= 0.3 is 12.1 Å². The van der Waals surface area contributed by atoms with Gasteiger partial charge in [-0.15, -0.1) is 6.42 Å². The molecule has 2 aromatic carbocycles. The minimum atomic E-state index is -4.57. The summed E-state index contributed by atoms with van der Waals surface area (Å²) in [6.07, 6.45) is 1.06. The number of halogens is 4. The van der Waals surface area contributed by atoms with E-state index in [1.54, 1.807) is 36.1 Å². The highest BCUT2D eigenvalue weighted by Crippen LogP contribution is 2.42. The second-order valence-electron chi connectivity index (χ2n) is 9.91. The van der Waals surface area contributed by atoms with E-state index in [-0.39, 0.29) is 23.7 Å². The fourth-order valence-corrected chi connectivity index (χ4v) is 5.20. The van der Waals surface area contributed by atoms with Gasteiger partial charge in [-0.05, 0) is 56.3 Å². The van der Waals surface area contributed by atoms with E-state index in [2.05, 4.69) is 11.2 Å². The van der Waals surface area contributed by atoms with Crippen molar-refractivity contribution in [1.82, 2.24) is 9.47 Å². The summed E-state index contributed by atoms with van der Waals surface area (Å²) in [4.78, 5) is 15.0. The lowest BCUT2D eigenvalue weighted by Crippen LogP contribution is -2.46. The highest BCUT2D eigenvalue weighted by atomic mass is 19.4. The number of fused-ring (bicyclic) bond motifs is 1. The number of aromatic carboxylic acids is 1. The number of carbonyl (C=O) groups is 1. The maximum absolute atomic E-state index is 14.9. The second kappa shape index (κ2) is 11.7. The number of benzene rings is 2. The Morgan fingerprint density at radius 3 is 2.65 bits per heavy atom. The number of methoxy groups -OCH3 is 1. The Balaban J connectivity index is 1.93. The number of nitrogens with one attached hydrogen (secondary N) is 1. The van der Waals surface area contributed by atoms with Gasteiger partial charge in [-0.3, -0.25) is 0 Å². The summed E-state index contributed by atoms with van der Waals surface area (Å²) in [6.45, 7) is 1.45. The van der Waals surface area contributed by atoms with Gasteiger partial charge in [0.05, 0.1) is 36.0 Å². The lowest BCUT2D eigenvalue weighted by Gasteiger charge is -2.33. The monoisotopic (exact) mass is 560 g/mol. The number of carboxylic acids is 1. The SMILES string of the molecule is C#CC(CC)N(c1ccc(C(=O)O)cc1OC)c1cc2c(NC3CCN(C)CC3F)cccc2n1CC(F)(F)F. The Bertz CT molecular complexity index is 1410. The van der Waals surface area contributed by atoms with Gasteiger partial charge in [-0.2, -0.15) is 13.2 Å². The number of piperidine rings is 1. The third-order valence-corrected chi connectivity index (χ3v) is 7.17. The fourth-order valence-electron chi connectivity index (χ4n) is 5.20. The third-order valence-electron chi connectivity index (χ3n) is 7.17. The van der Waals surface area contributed by atoms with E-state index in [0.29, 0.717) is 41.7 Å². The highest BCUT2D eigenvalue weighted by Gasteiger charge is 2.34. The number of aromatic nitrogens is 1. The summed E-state index contributed by atoms with van der Waals surface area (Å²) in [6, 6.07) is 9.48. The molecule has 1 aliphatic rings. The van der Waals surface area contributed by atoms with Gasteiger partial charge in [0.2, 0.25) is 0 Å². The van der Waals surface area contributed by atoms with E-state index in [0.717, 1.165) is 4.57 Å². The molecule has 7 nitrogen and oxygen atoms in total. The van der Waals surface area contributed by atoms with E-state index >= 15 is 0 Å². The molecule has 1 saturated heterocycles. The van der Waals surface area contributed by atoms with Crippen LogP contribution in [0.4, 0.5) is 34.8 Å². The number of ether oxygens (including phenoxy) is 1. The lowest BCUT2D eigenvalue weighted by atomic mass is 10.0. The van der Waals surface area contributed by atoms with Crippen LogP contribution in [0.15, 0.2) is 42.5 Å². The van der Waals surface area contributed by atoms with Crippen molar-refractivity contribution in [3.8, 4) is 18.1 Å². The second-order valence-corrected chi connectivity index (χ2v) is 9.91. The topological polar surface area (TPSA) is 70.0 Å². The molecule has 0 aliphatic carbocycles. The van der Waals surface area contributed by atoms with E-state index in [1.165, 1.54) is 25.3 Å². The normalized spacial score (nSPS) is 18.8. The first-order chi connectivity index (χ1) is 19.0. The van der Waals surface area contributed by atoms with Gasteiger partial charge in [0.1, 0.15) is 24.3 Å². The van der Waals surface area contributed by atoms with Gasteiger partial charge < -0.3 is 29.5 Å². The van der Waals surface area contributed by atoms with Crippen molar-refractivity contribution in [2.24, 2.45) is 0 Å². The molecule has 0 bridgehead atoms. The zero-order valence-electron chi connectivity index (χ0n) is 22.5. The molecule has 0 amide bonds. The molecule has 2 heterocycles. The molecule has 3 unspecified atom stereocenters. The summed E-state index contributed by atoms with van der Waals surface area (Å²) >= 11 is 0. The molecule has 1 aliphatic heterocycles. The van der Waals surface area contributed by atoms with Crippen molar-refractivity contribution in [3.63, 3.8) is 0 Å². The van der Waals surface area contributed by atoms with Crippen LogP contribution in [0.3, 0.4) is 0 Å². The Hall–Kier alpha value is -3.91. The molecule has 214 valence electrons. The molecule has 1 aromatic heterocycles. The molecule has 2 N–H and O–H groups in total.